The lowest BCUT2D eigenvalue weighted by molar-refractivity contribution is -0.132. The molecule has 28 heavy (non-hydrogen) atoms. The van der Waals surface area contributed by atoms with Gasteiger partial charge >= 0.3 is 0 Å². The number of aromatic nitrogens is 1. The van der Waals surface area contributed by atoms with Gasteiger partial charge in [0.15, 0.2) is 0 Å². The van der Waals surface area contributed by atoms with Crippen molar-refractivity contribution >= 4 is 28.4 Å². The van der Waals surface area contributed by atoms with Gasteiger partial charge in [0.1, 0.15) is 0 Å². The summed E-state index contributed by atoms with van der Waals surface area (Å²) in [5, 5.41) is 1.76. The van der Waals surface area contributed by atoms with Gasteiger partial charge in [-0.1, -0.05) is 61.0 Å². The molecule has 3 nitrogen and oxygen atoms in total. The fraction of sp³-hybridized carbons (Fsp3) is 0.333. The molecule has 0 spiro atoms. The molecular weight excluding hydrogens is 368 g/mol. The summed E-state index contributed by atoms with van der Waals surface area (Å²) < 4.78 is 0. The molecule has 3 aromatic rings. The van der Waals surface area contributed by atoms with Crippen LogP contribution in [0.5, 0.6) is 0 Å². The van der Waals surface area contributed by atoms with Gasteiger partial charge in [0.25, 0.3) is 0 Å². The third-order valence-electron chi connectivity index (χ3n) is 5.77. The Labute approximate surface area is 171 Å². The van der Waals surface area contributed by atoms with Gasteiger partial charge in [0, 0.05) is 36.7 Å². The molecule has 2 aromatic carbocycles. The van der Waals surface area contributed by atoms with Crippen LogP contribution in [0, 0.1) is 5.92 Å². The van der Waals surface area contributed by atoms with Crippen molar-refractivity contribution in [1.29, 1.82) is 0 Å². The predicted molar refractivity (Wildman–Crippen MR) is 115 cm³/mol. The maximum Gasteiger partial charge on any atom is 0.222 e. The van der Waals surface area contributed by atoms with Crippen LogP contribution in [0.25, 0.3) is 22.0 Å². The molecule has 1 saturated heterocycles. The number of amides is 1. The minimum absolute atomic E-state index is 0.282. The molecule has 4 heteroatoms. The van der Waals surface area contributed by atoms with Crippen molar-refractivity contribution in [3.05, 3.63) is 65.3 Å². The quantitative estimate of drug-likeness (QED) is 0.566. The van der Waals surface area contributed by atoms with E-state index in [1.165, 1.54) is 5.56 Å². The fourth-order valence-electron chi connectivity index (χ4n) is 4.10. The van der Waals surface area contributed by atoms with Crippen LogP contribution in [0.3, 0.4) is 0 Å². The molecule has 144 valence electrons. The van der Waals surface area contributed by atoms with Crippen LogP contribution in [0.2, 0.25) is 5.02 Å². The lowest BCUT2D eigenvalue weighted by Gasteiger charge is -2.32. The Kier molecular flexibility index (Phi) is 5.63. The highest BCUT2D eigenvalue weighted by atomic mass is 35.5. The maximum absolute atomic E-state index is 11.8. The summed E-state index contributed by atoms with van der Waals surface area (Å²) in [6.45, 7) is 3.73. The van der Waals surface area contributed by atoms with Gasteiger partial charge in [0.2, 0.25) is 5.91 Å². The average Bonchev–Trinajstić information content (AvgIpc) is 2.75. The highest BCUT2D eigenvalue weighted by Crippen LogP contribution is 2.33. The monoisotopic (exact) mass is 392 g/mol. The standard InChI is InChI=1S/C24H25ClN2O/c1-2-22(28)27-14-11-18(12-15-27)16-17-5-7-19(8-6-17)21-10-9-20-4-3-13-26-24(20)23(21)25/h3-10,13,18H,2,11-12,14-16H2,1H3. The van der Waals surface area contributed by atoms with Crippen LogP contribution in [-0.4, -0.2) is 28.9 Å². The number of fused-ring (bicyclic) bond motifs is 1. The Bertz CT molecular complexity index is 976. The number of halogens is 1. The molecule has 4 rings (SSSR count). The van der Waals surface area contributed by atoms with E-state index in [-0.39, 0.29) is 5.91 Å². The SMILES string of the molecule is CCC(=O)N1CCC(Cc2ccc(-c3ccc4cccnc4c3Cl)cc2)CC1. The smallest absolute Gasteiger partial charge is 0.222 e. The van der Waals surface area contributed by atoms with Crippen molar-refractivity contribution in [1.82, 2.24) is 9.88 Å². The van der Waals surface area contributed by atoms with E-state index in [1.54, 1.807) is 6.20 Å². The van der Waals surface area contributed by atoms with Crippen molar-refractivity contribution in [3.63, 3.8) is 0 Å². The molecule has 0 unspecified atom stereocenters. The van der Waals surface area contributed by atoms with Crippen LogP contribution in [0.15, 0.2) is 54.7 Å². The zero-order chi connectivity index (χ0) is 19.5. The molecule has 1 fully saturated rings. The van der Waals surface area contributed by atoms with Crippen LogP contribution in [0.1, 0.15) is 31.7 Å². The summed E-state index contributed by atoms with van der Waals surface area (Å²) in [6.07, 6.45) is 5.65. The van der Waals surface area contributed by atoms with Crippen LogP contribution < -0.4 is 0 Å². The average molecular weight is 393 g/mol. The third-order valence-corrected chi connectivity index (χ3v) is 6.15. The molecular formula is C24H25ClN2O. The van der Waals surface area contributed by atoms with E-state index in [1.807, 2.05) is 24.0 Å². The maximum atomic E-state index is 11.8. The molecule has 0 atom stereocenters. The molecule has 0 saturated carbocycles. The normalized spacial score (nSPS) is 15.1. The lowest BCUT2D eigenvalue weighted by Crippen LogP contribution is -2.38. The molecule has 1 aliphatic rings. The van der Waals surface area contributed by atoms with Gasteiger partial charge in [-0.15, -0.1) is 0 Å². The van der Waals surface area contributed by atoms with Crippen molar-refractivity contribution in [3.8, 4) is 11.1 Å². The number of hydrogen-bond acceptors (Lipinski definition) is 2. The van der Waals surface area contributed by atoms with Crippen molar-refractivity contribution < 1.29 is 4.79 Å². The van der Waals surface area contributed by atoms with Crippen molar-refractivity contribution in [2.75, 3.05) is 13.1 Å². The van der Waals surface area contributed by atoms with E-state index < -0.39 is 0 Å². The fourth-order valence-corrected chi connectivity index (χ4v) is 4.43. The molecule has 1 aromatic heterocycles. The molecule has 2 heterocycles. The Balaban J connectivity index is 1.45. The number of hydrogen-bond donors (Lipinski definition) is 0. The molecule has 0 N–H and O–H groups in total. The number of nitrogens with zero attached hydrogens (tertiary/aromatic N) is 2. The summed E-state index contributed by atoms with van der Waals surface area (Å²) in [5.41, 5.74) is 4.33. The van der Waals surface area contributed by atoms with E-state index >= 15 is 0 Å². The van der Waals surface area contributed by atoms with Gasteiger partial charge in [-0.05, 0) is 42.4 Å². The summed E-state index contributed by atoms with van der Waals surface area (Å²) in [7, 11) is 0. The highest BCUT2D eigenvalue weighted by molar-refractivity contribution is 6.37. The third kappa shape index (κ3) is 3.90. The first-order chi connectivity index (χ1) is 13.7. The summed E-state index contributed by atoms with van der Waals surface area (Å²) in [4.78, 5) is 18.3. The molecule has 1 amide bonds. The molecule has 0 aliphatic carbocycles. The lowest BCUT2D eigenvalue weighted by atomic mass is 9.89. The Morgan fingerprint density at radius 1 is 1.11 bits per heavy atom. The van der Waals surface area contributed by atoms with E-state index in [4.69, 9.17) is 11.6 Å². The Morgan fingerprint density at radius 3 is 2.57 bits per heavy atom. The number of rotatable bonds is 4. The molecule has 0 radical (unpaired) electrons. The van der Waals surface area contributed by atoms with Crippen LogP contribution >= 0.6 is 11.6 Å². The van der Waals surface area contributed by atoms with E-state index in [9.17, 15) is 4.79 Å². The van der Waals surface area contributed by atoms with Gasteiger partial charge < -0.3 is 4.90 Å². The highest BCUT2D eigenvalue weighted by Gasteiger charge is 2.22. The number of carbonyl (C=O) groups is 1. The summed E-state index contributed by atoms with van der Waals surface area (Å²) >= 11 is 6.63. The summed E-state index contributed by atoms with van der Waals surface area (Å²) in [5.74, 6) is 0.935. The summed E-state index contributed by atoms with van der Waals surface area (Å²) in [6, 6.07) is 16.8. The van der Waals surface area contributed by atoms with E-state index in [0.717, 1.165) is 54.4 Å². The van der Waals surface area contributed by atoms with E-state index in [2.05, 4.69) is 41.4 Å². The first-order valence-electron chi connectivity index (χ1n) is 10.1. The molecule has 0 bridgehead atoms. The predicted octanol–water partition coefficient (Wildman–Crippen LogP) is 5.75. The number of piperidine rings is 1. The zero-order valence-electron chi connectivity index (χ0n) is 16.2. The first kappa shape index (κ1) is 18.9. The van der Waals surface area contributed by atoms with Crippen molar-refractivity contribution in [2.24, 2.45) is 5.92 Å². The second-order valence-electron chi connectivity index (χ2n) is 7.58. The largest absolute Gasteiger partial charge is 0.343 e. The number of benzene rings is 2. The topological polar surface area (TPSA) is 33.2 Å². The van der Waals surface area contributed by atoms with Crippen molar-refractivity contribution in [2.45, 2.75) is 32.6 Å². The van der Waals surface area contributed by atoms with Gasteiger partial charge in [0.05, 0.1) is 10.5 Å². The minimum Gasteiger partial charge on any atom is -0.343 e. The zero-order valence-corrected chi connectivity index (χ0v) is 17.0. The second-order valence-corrected chi connectivity index (χ2v) is 7.96. The van der Waals surface area contributed by atoms with Gasteiger partial charge in [-0.2, -0.15) is 0 Å². The van der Waals surface area contributed by atoms with Gasteiger partial charge in [-0.3, -0.25) is 9.78 Å². The van der Waals surface area contributed by atoms with E-state index in [0.29, 0.717) is 17.4 Å². The van der Waals surface area contributed by atoms with Crippen LogP contribution in [-0.2, 0) is 11.2 Å². The Hall–Kier alpha value is -2.39. The van der Waals surface area contributed by atoms with Gasteiger partial charge in [-0.25, -0.2) is 0 Å². The Morgan fingerprint density at radius 2 is 1.86 bits per heavy atom. The number of pyridine rings is 1. The number of carbonyl (C=O) groups excluding carboxylic acids is 1. The van der Waals surface area contributed by atoms with Crippen LogP contribution in [0.4, 0.5) is 0 Å². The second kappa shape index (κ2) is 8.32. The molecule has 1 aliphatic heterocycles. The minimum atomic E-state index is 0.282. The number of likely N-dealkylation sites (tertiary alicyclic amines) is 1. The first-order valence-corrected chi connectivity index (χ1v) is 10.4.